The molecule has 2 saturated carbocycles. The third kappa shape index (κ3) is 3.73. The van der Waals surface area contributed by atoms with Crippen LogP contribution in [0.5, 0.6) is 0 Å². The fraction of sp³-hybridized carbons (Fsp3) is 0.632. The Balaban J connectivity index is 1.39. The second kappa shape index (κ2) is 7.11. The van der Waals surface area contributed by atoms with Crippen LogP contribution < -0.4 is 16.0 Å². The largest absolute Gasteiger partial charge is 0.382 e. The average molecular weight is 329 g/mol. The third-order valence-corrected chi connectivity index (χ3v) is 5.47. The van der Waals surface area contributed by atoms with Gasteiger partial charge in [0, 0.05) is 35.9 Å². The Labute approximate surface area is 143 Å². The molecule has 130 valence electrons. The van der Waals surface area contributed by atoms with E-state index < -0.39 is 0 Å². The molecular weight excluding hydrogens is 302 g/mol. The molecule has 0 spiro atoms. The second-order valence-corrected chi connectivity index (χ2v) is 7.33. The Morgan fingerprint density at radius 3 is 2.83 bits per heavy atom. The van der Waals surface area contributed by atoms with Crippen LogP contribution in [0.25, 0.3) is 0 Å². The van der Waals surface area contributed by atoms with Gasteiger partial charge < -0.3 is 20.7 Å². The summed E-state index contributed by atoms with van der Waals surface area (Å²) < 4.78 is 5.65. The van der Waals surface area contributed by atoms with Gasteiger partial charge in [-0.3, -0.25) is 4.79 Å². The summed E-state index contributed by atoms with van der Waals surface area (Å²) in [5.41, 5.74) is 1.99. The van der Waals surface area contributed by atoms with Crippen LogP contribution in [0.1, 0.15) is 32.1 Å². The highest BCUT2D eigenvalue weighted by Crippen LogP contribution is 2.33. The van der Waals surface area contributed by atoms with Crippen LogP contribution in [-0.2, 0) is 9.53 Å². The van der Waals surface area contributed by atoms with E-state index in [2.05, 4.69) is 28.1 Å². The molecule has 3 aliphatic rings. The van der Waals surface area contributed by atoms with Gasteiger partial charge in [-0.1, -0.05) is 12.5 Å². The first kappa shape index (κ1) is 15.9. The SMILES string of the molecule is O=C(Nc1cccc(NC2CCCC2C2COCCN2)c1)C1CC1. The van der Waals surface area contributed by atoms with E-state index in [4.69, 9.17) is 4.74 Å². The van der Waals surface area contributed by atoms with Crippen molar-refractivity contribution >= 4 is 17.3 Å². The number of carbonyl (C=O) groups excluding carboxylic acids is 1. The van der Waals surface area contributed by atoms with E-state index >= 15 is 0 Å². The van der Waals surface area contributed by atoms with Crippen molar-refractivity contribution in [1.29, 1.82) is 0 Å². The highest BCUT2D eigenvalue weighted by molar-refractivity contribution is 5.94. The molecule has 1 heterocycles. The number of morpholine rings is 1. The number of benzene rings is 1. The lowest BCUT2D eigenvalue weighted by Gasteiger charge is -2.33. The Kier molecular flexibility index (Phi) is 4.72. The zero-order chi connectivity index (χ0) is 16.4. The molecule has 0 bridgehead atoms. The number of carbonyl (C=O) groups is 1. The summed E-state index contributed by atoms with van der Waals surface area (Å²) in [5, 5.41) is 10.3. The summed E-state index contributed by atoms with van der Waals surface area (Å²) in [5.74, 6) is 1.00. The van der Waals surface area contributed by atoms with Crippen LogP contribution in [0.2, 0.25) is 0 Å². The number of hydrogen-bond donors (Lipinski definition) is 3. The van der Waals surface area contributed by atoms with Gasteiger partial charge in [0.05, 0.1) is 13.2 Å². The van der Waals surface area contributed by atoms with Gasteiger partial charge in [-0.05, 0) is 49.8 Å². The van der Waals surface area contributed by atoms with Gasteiger partial charge in [0.2, 0.25) is 5.91 Å². The lowest BCUT2D eigenvalue weighted by Crippen LogP contribution is -2.49. The molecule has 3 N–H and O–H groups in total. The van der Waals surface area contributed by atoms with Crippen LogP contribution >= 0.6 is 0 Å². The van der Waals surface area contributed by atoms with E-state index in [1.807, 2.05) is 12.1 Å². The molecule has 1 aromatic rings. The standard InChI is InChI=1S/C19H27N3O2/c23-19(13-7-8-13)22-15-4-1-3-14(11-15)21-17-6-2-5-16(17)18-12-24-10-9-20-18/h1,3-4,11,13,16-18,20-21H,2,5-10,12H2,(H,22,23). The van der Waals surface area contributed by atoms with Gasteiger partial charge in [0.1, 0.15) is 0 Å². The monoisotopic (exact) mass is 329 g/mol. The number of amides is 1. The Hall–Kier alpha value is -1.59. The third-order valence-electron chi connectivity index (χ3n) is 5.47. The minimum absolute atomic E-state index is 0.162. The molecule has 1 amide bonds. The lowest BCUT2D eigenvalue weighted by atomic mass is 9.94. The number of anilines is 2. The summed E-state index contributed by atoms with van der Waals surface area (Å²) in [6, 6.07) is 9.05. The maximum atomic E-state index is 11.9. The van der Waals surface area contributed by atoms with E-state index in [-0.39, 0.29) is 11.8 Å². The van der Waals surface area contributed by atoms with Crippen LogP contribution in [-0.4, -0.2) is 37.7 Å². The highest BCUT2D eigenvalue weighted by atomic mass is 16.5. The van der Waals surface area contributed by atoms with E-state index in [1.54, 1.807) is 0 Å². The van der Waals surface area contributed by atoms with E-state index in [1.165, 1.54) is 19.3 Å². The van der Waals surface area contributed by atoms with Crippen LogP contribution in [0, 0.1) is 11.8 Å². The van der Waals surface area contributed by atoms with E-state index in [9.17, 15) is 4.79 Å². The maximum Gasteiger partial charge on any atom is 0.227 e. The molecule has 5 heteroatoms. The molecule has 24 heavy (non-hydrogen) atoms. The van der Waals surface area contributed by atoms with Crippen LogP contribution in [0.4, 0.5) is 11.4 Å². The fourth-order valence-corrected chi connectivity index (χ4v) is 4.00. The van der Waals surface area contributed by atoms with Gasteiger partial charge in [-0.15, -0.1) is 0 Å². The van der Waals surface area contributed by atoms with Crippen molar-refractivity contribution < 1.29 is 9.53 Å². The van der Waals surface area contributed by atoms with Gasteiger partial charge in [-0.2, -0.15) is 0 Å². The van der Waals surface area contributed by atoms with Crippen molar-refractivity contribution in [1.82, 2.24) is 5.32 Å². The van der Waals surface area contributed by atoms with E-state index in [0.717, 1.165) is 44.0 Å². The number of nitrogens with one attached hydrogen (secondary N) is 3. The summed E-state index contributed by atoms with van der Waals surface area (Å²) in [6.45, 7) is 2.60. The molecule has 2 aliphatic carbocycles. The predicted octanol–water partition coefficient (Wildman–Crippen LogP) is 2.60. The first-order valence-corrected chi connectivity index (χ1v) is 9.28. The Morgan fingerprint density at radius 1 is 1.17 bits per heavy atom. The summed E-state index contributed by atoms with van der Waals surface area (Å²) in [6.07, 6.45) is 5.77. The van der Waals surface area contributed by atoms with Gasteiger partial charge >= 0.3 is 0 Å². The van der Waals surface area contributed by atoms with Crippen molar-refractivity contribution in [2.45, 2.75) is 44.2 Å². The molecule has 5 nitrogen and oxygen atoms in total. The number of hydrogen-bond acceptors (Lipinski definition) is 4. The normalized spacial score (nSPS) is 30.1. The first-order chi connectivity index (χ1) is 11.8. The van der Waals surface area contributed by atoms with Crippen molar-refractivity contribution in [3.8, 4) is 0 Å². The highest BCUT2D eigenvalue weighted by Gasteiger charge is 2.34. The minimum Gasteiger partial charge on any atom is -0.382 e. The van der Waals surface area contributed by atoms with Gasteiger partial charge in [0.15, 0.2) is 0 Å². The maximum absolute atomic E-state index is 11.9. The summed E-state index contributed by atoms with van der Waals surface area (Å²) in [4.78, 5) is 11.9. The molecular formula is C19H27N3O2. The second-order valence-electron chi connectivity index (χ2n) is 7.33. The van der Waals surface area contributed by atoms with Crippen LogP contribution in [0.15, 0.2) is 24.3 Å². The van der Waals surface area contributed by atoms with Gasteiger partial charge in [0.25, 0.3) is 0 Å². The molecule has 0 radical (unpaired) electrons. The number of ether oxygens (including phenoxy) is 1. The average Bonchev–Trinajstić information content (AvgIpc) is 3.36. The zero-order valence-electron chi connectivity index (χ0n) is 14.1. The van der Waals surface area contributed by atoms with Gasteiger partial charge in [-0.25, -0.2) is 0 Å². The van der Waals surface area contributed by atoms with Crippen molar-refractivity contribution in [3.05, 3.63) is 24.3 Å². The Morgan fingerprint density at radius 2 is 2.04 bits per heavy atom. The molecule has 3 unspecified atom stereocenters. The van der Waals surface area contributed by atoms with Crippen molar-refractivity contribution in [2.24, 2.45) is 11.8 Å². The number of rotatable bonds is 5. The molecule has 4 rings (SSSR count). The minimum atomic E-state index is 0.162. The molecule has 1 saturated heterocycles. The molecule has 1 aromatic carbocycles. The fourth-order valence-electron chi connectivity index (χ4n) is 4.00. The van der Waals surface area contributed by atoms with E-state index in [0.29, 0.717) is 18.0 Å². The predicted molar refractivity (Wildman–Crippen MR) is 95.2 cm³/mol. The quantitative estimate of drug-likeness (QED) is 0.777. The lowest BCUT2D eigenvalue weighted by molar-refractivity contribution is -0.117. The zero-order valence-corrected chi connectivity index (χ0v) is 14.1. The Bertz CT molecular complexity index is 582. The van der Waals surface area contributed by atoms with Crippen molar-refractivity contribution in [2.75, 3.05) is 30.4 Å². The topological polar surface area (TPSA) is 62.4 Å². The molecule has 3 fully saturated rings. The smallest absolute Gasteiger partial charge is 0.227 e. The van der Waals surface area contributed by atoms with Crippen molar-refractivity contribution in [3.63, 3.8) is 0 Å². The van der Waals surface area contributed by atoms with Crippen LogP contribution in [0.3, 0.4) is 0 Å². The summed E-state index contributed by atoms with van der Waals surface area (Å²) in [7, 11) is 0. The summed E-state index contributed by atoms with van der Waals surface area (Å²) >= 11 is 0. The molecule has 0 aromatic heterocycles. The molecule has 3 atom stereocenters. The first-order valence-electron chi connectivity index (χ1n) is 9.28. The molecule has 1 aliphatic heterocycles.